The Labute approximate surface area is 200 Å². The molecule has 0 aliphatic carbocycles. The number of cyclic esters (lactones) is 1. The largest absolute Gasteiger partial charge is 0.442 e. The van der Waals surface area contributed by atoms with Crippen molar-refractivity contribution in [3.63, 3.8) is 0 Å². The summed E-state index contributed by atoms with van der Waals surface area (Å²) in [4.78, 5) is 19.0. The molecule has 1 unspecified atom stereocenters. The quantitative estimate of drug-likeness (QED) is 0.531. The van der Waals surface area contributed by atoms with E-state index in [0.717, 1.165) is 11.3 Å². The summed E-state index contributed by atoms with van der Waals surface area (Å²) >= 11 is 0. The van der Waals surface area contributed by atoms with Gasteiger partial charge in [-0.2, -0.15) is 0 Å². The van der Waals surface area contributed by atoms with Gasteiger partial charge in [0, 0.05) is 18.2 Å². The molecule has 10 nitrogen and oxygen atoms in total. The molecule has 1 aromatic heterocycles. The van der Waals surface area contributed by atoms with E-state index in [9.17, 15) is 15.0 Å². The van der Waals surface area contributed by atoms with Gasteiger partial charge in [0.15, 0.2) is 5.60 Å². The number of carbonyl (C=O) groups is 1. The van der Waals surface area contributed by atoms with Crippen LogP contribution in [0, 0.1) is 12.7 Å². The molecule has 3 heterocycles. The molecule has 1 amide bonds. The van der Waals surface area contributed by atoms with Crippen molar-refractivity contribution >= 4 is 17.5 Å². The highest BCUT2D eigenvalue weighted by Gasteiger charge is 2.38. The molecule has 2 N–H and O–H groups in total. The van der Waals surface area contributed by atoms with Gasteiger partial charge in [0.05, 0.1) is 43.4 Å². The first kappa shape index (κ1) is 22.9. The molecule has 2 aromatic carbocycles. The smallest absolute Gasteiger partial charge is 0.414 e. The van der Waals surface area contributed by atoms with Crippen molar-refractivity contribution in [2.24, 2.45) is 5.16 Å². The Balaban J connectivity index is 1.28. The maximum absolute atomic E-state index is 15.1. The fourth-order valence-electron chi connectivity index (χ4n) is 4.16. The van der Waals surface area contributed by atoms with Crippen LogP contribution in [0.15, 0.2) is 53.8 Å². The van der Waals surface area contributed by atoms with E-state index in [1.165, 1.54) is 11.0 Å². The Morgan fingerprint density at radius 2 is 1.89 bits per heavy atom. The zero-order chi connectivity index (χ0) is 24.6. The number of hydrogen-bond donors (Lipinski definition) is 2. The number of aromatic nitrogens is 3. The average Bonchev–Trinajstić information content (AvgIpc) is 3.58. The van der Waals surface area contributed by atoms with Gasteiger partial charge >= 0.3 is 6.09 Å². The second kappa shape index (κ2) is 9.08. The Hall–Kier alpha value is -3.83. The van der Waals surface area contributed by atoms with E-state index in [-0.39, 0.29) is 26.2 Å². The molecule has 3 aromatic rings. The molecule has 0 spiro atoms. The highest BCUT2D eigenvalue weighted by Crippen LogP contribution is 2.31. The number of hydrogen-bond acceptors (Lipinski definition) is 8. The Morgan fingerprint density at radius 1 is 1.14 bits per heavy atom. The summed E-state index contributed by atoms with van der Waals surface area (Å²) in [5.74, 6) is -0.473. The summed E-state index contributed by atoms with van der Waals surface area (Å²) in [6.07, 6.45) is 1.07. The highest BCUT2D eigenvalue weighted by molar-refractivity contribution is 6.02. The van der Waals surface area contributed by atoms with Crippen LogP contribution in [0.1, 0.15) is 17.7 Å². The zero-order valence-corrected chi connectivity index (χ0v) is 19.0. The fourth-order valence-corrected chi connectivity index (χ4v) is 4.16. The average molecular weight is 481 g/mol. The van der Waals surface area contributed by atoms with Gasteiger partial charge in [-0.3, -0.25) is 4.90 Å². The predicted octanol–water partition coefficient (Wildman–Crippen LogP) is 2.27. The Morgan fingerprint density at radius 3 is 2.51 bits per heavy atom. The van der Waals surface area contributed by atoms with Gasteiger partial charge in [0.2, 0.25) is 0 Å². The van der Waals surface area contributed by atoms with Crippen LogP contribution in [0.2, 0.25) is 0 Å². The summed E-state index contributed by atoms with van der Waals surface area (Å²) in [5, 5.41) is 30.8. The van der Waals surface area contributed by atoms with Crippen LogP contribution in [0.3, 0.4) is 0 Å². The fraction of sp³-hybridized carbons (Fsp3) is 0.333. The van der Waals surface area contributed by atoms with E-state index < -0.39 is 23.6 Å². The van der Waals surface area contributed by atoms with Crippen molar-refractivity contribution in [3.8, 4) is 11.1 Å². The maximum Gasteiger partial charge on any atom is 0.414 e. The van der Waals surface area contributed by atoms with Crippen molar-refractivity contribution in [1.29, 1.82) is 0 Å². The molecular weight excluding hydrogens is 457 g/mol. The third-order valence-corrected chi connectivity index (χ3v) is 6.13. The molecule has 1 saturated heterocycles. The van der Waals surface area contributed by atoms with Crippen LogP contribution in [-0.2, 0) is 16.1 Å². The SMILES string of the molecule is Cc1cn(CC2CN(c3ccc(-c4ccc(C5=NOC(CO)(CO)C5)cc4)c(F)c3)C(=O)O2)nn1. The standard InChI is InChI=1S/C24H24FN5O5/c1-15-10-29(28-26-15)11-19-12-30(23(33)34-19)18-6-7-20(21(25)8-18)16-2-4-17(5-3-16)22-9-24(13-31,14-32)35-27-22/h2-8,10,19,31-32H,9,11-14H2,1H3. The number of amides is 1. The van der Waals surface area contributed by atoms with Crippen LogP contribution in [0.25, 0.3) is 11.1 Å². The summed E-state index contributed by atoms with van der Waals surface area (Å²) in [6, 6.07) is 11.7. The number of aliphatic hydroxyl groups is 2. The number of carbonyl (C=O) groups excluding carboxylic acids is 1. The minimum absolute atomic E-state index is 0.270. The van der Waals surface area contributed by atoms with E-state index in [4.69, 9.17) is 9.57 Å². The summed E-state index contributed by atoms with van der Waals surface area (Å²) in [6.45, 7) is 1.77. The molecule has 0 bridgehead atoms. The third kappa shape index (κ3) is 4.47. The number of rotatable bonds is 7. The lowest BCUT2D eigenvalue weighted by Crippen LogP contribution is -2.37. The molecular formula is C24H24FN5O5. The number of aryl methyl sites for hydroxylation is 1. The molecule has 1 fully saturated rings. The lowest BCUT2D eigenvalue weighted by molar-refractivity contribution is -0.0878. The van der Waals surface area contributed by atoms with Gasteiger partial charge in [-0.05, 0) is 36.2 Å². The molecule has 2 aliphatic heterocycles. The number of benzene rings is 2. The first-order chi connectivity index (χ1) is 16.9. The molecule has 0 saturated carbocycles. The lowest BCUT2D eigenvalue weighted by atomic mass is 9.94. The van der Waals surface area contributed by atoms with Crippen molar-refractivity contribution < 1.29 is 29.0 Å². The highest BCUT2D eigenvalue weighted by atomic mass is 19.1. The number of nitrogens with zero attached hydrogens (tertiary/aromatic N) is 5. The Bertz CT molecular complexity index is 1270. The van der Waals surface area contributed by atoms with Gasteiger partial charge in [-0.1, -0.05) is 34.6 Å². The van der Waals surface area contributed by atoms with E-state index in [1.54, 1.807) is 47.3 Å². The van der Waals surface area contributed by atoms with Crippen molar-refractivity contribution in [2.45, 2.75) is 31.6 Å². The van der Waals surface area contributed by atoms with Gasteiger partial charge in [0.1, 0.15) is 11.9 Å². The van der Waals surface area contributed by atoms with Gasteiger partial charge in [-0.15, -0.1) is 5.10 Å². The summed E-state index contributed by atoms with van der Waals surface area (Å²) in [5.41, 5.74) is 2.45. The number of anilines is 1. The third-order valence-electron chi connectivity index (χ3n) is 6.13. The van der Waals surface area contributed by atoms with Crippen LogP contribution < -0.4 is 4.90 Å². The first-order valence-electron chi connectivity index (χ1n) is 11.1. The van der Waals surface area contributed by atoms with Crippen LogP contribution >= 0.6 is 0 Å². The normalized spacial score (nSPS) is 19.0. The van der Waals surface area contributed by atoms with E-state index in [2.05, 4.69) is 15.5 Å². The number of oxime groups is 1. The van der Waals surface area contributed by atoms with E-state index >= 15 is 4.39 Å². The minimum atomic E-state index is -1.11. The number of aliphatic hydroxyl groups excluding tert-OH is 2. The number of ether oxygens (including phenoxy) is 1. The van der Waals surface area contributed by atoms with Crippen molar-refractivity contribution in [3.05, 3.63) is 65.7 Å². The molecule has 5 rings (SSSR count). The maximum atomic E-state index is 15.1. The molecule has 35 heavy (non-hydrogen) atoms. The van der Waals surface area contributed by atoms with Crippen molar-refractivity contribution in [2.75, 3.05) is 24.7 Å². The summed E-state index contributed by atoms with van der Waals surface area (Å²) in [7, 11) is 0. The van der Waals surface area contributed by atoms with Crippen LogP contribution in [-0.4, -0.2) is 68.5 Å². The Kier molecular flexibility index (Phi) is 5.95. The van der Waals surface area contributed by atoms with E-state index in [0.29, 0.717) is 29.1 Å². The van der Waals surface area contributed by atoms with Gasteiger partial charge in [-0.25, -0.2) is 13.9 Å². The molecule has 0 radical (unpaired) electrons. The molecule has 1 atom stereocenters. The second-order valence-corrected chi connectivity index (χ2v) is 8.75. The monoisotopic (exact) mass is 481 g/mol. The number of halogens is 1. The first-order valence-corrected chi connectivity index (χ1v) is 11.1. The predicted molar refractivity (Wildman–Crippen MR) is 123 cm³/mol. The topological polar surface area (TPSA) is 122 Å². The summed E-state index contributed by atoms with van der Waals surface area (Å²) < 4.78 is 22.1. The lowest BCUT2D eigenvalue weighted by Gasteiger charge is -2.20. The molecule has 182 valence electrons. The van der Waals surface area contributed by atoms with Crippen LogP contribution in [0.4, 0.5) is 14.9 Å². The van der Waals surface area contributed by atoms with Crippen molar-refractivity contribution in [1.82, 2.24) is 15.0 Å². The minimum Gasteiger partial charge on any atom is -0.442 e. The van der Waals surface area contributed by atoms with Gasteiger partial charge < -0.3 is 19.8 Å². The molecule has 2 aliphatic rings. The van der Waals surface area contributed by atoms with Crippen LogP contribution in [0.5, 0.6) is 0 Å². The van der Waals surface area contributed by atoms with Gasteiger partial charge in [0.25, 0.3) is 0 Å². The molecule has 11 heteroatoms. The second-order valence-electron chi connectivity index (χ2n) is 8.75. The zero-order valence-electron chi connectivity index (χ0n) is 19.0. The van der Waals surface area contributed by atoms with E-state index in [1.807, 2.05) is 6.92 Å².